The van der Waals surface area contributed by atoms with Crippen molar-refractivity contribution in [3.63, 3.8) is 0 Å². The molecule has 2 N–H and O–H groups in total. The summed E-state index contributed by atoms with van der Waals surface area (Å²) in [6, 6.07) is 2.03. The maximum Gasteiger partial charge on any atom is 0.150 e. The van der Waals surface area contributed by atoms with E-state index in [4.69, 9.17) is 5.73 Å². The molecule has 0 radical (unpaired) electrons. The first-order chi connectivity index (χ1) is 8.22. The molecule has 1 fully saturated rings. The van der Waals surface area contributed by atoms with Gasteiger partial charge in [-0.1, -0.05) is 13.3 Å². The summed E-state index contributed by atoms with van der Waals surface area (Å²) in [5.41, 5.74) is 7.30. The number of nitrogens with two attached hydrogens (primary N) is 1. The van der Waals surface area contributed by atoms with Crippen LogP contribution in [0.25, 0.3) is 10.2 Å². The number of aromatic nitrogens is 2. The van der Waals surface area contributed by atoms with E-state index in [9.17, 15) is 0 Å². The molecule has 0 spiro atoms. The molecule has 2 aromatic rings. The van der Waals surface area contributed by atoms with E-state index < -0.39 is 0 Å². The van der Waals surface area contributed by atoms with Crippen LogP contribution in [0.4, 0.5) is 5.82 Å². The van der Waals surface area contributed by atoms with E-state index in [-0.39, 0.29) is 5.54 Å². The topological polar surface area (TPSA) is 55.0 Å². The Morgan fingerprint density at radius 2 is 2.29 bits per heavy atom. The number of anilines is 1. The Bertz CT molecular complexity index is 530. The fraction of sp³-hybridized carbons (Fsp3) is 0.500. The lowest BCUT2D eigenvalue weighted by Gasteiger charge is -2.48. The van der Waals surface area contributed by atoms with Gasteiger partial charge in [-0.25, -0.2) is 9.97 Å². The van der Waals surface area contributed by atoms with Gasteiger partial charge in [0.25, 0.3) is 0 Å². The van der Waals surface area contributed by atoms with Gasteiger partial charge in [-0.15, -0.1) is 11.3 Å². The largest absolute Gasteiger partial charge is 0.351 e. The number of nitrogens with zero attached hydrogens (tertiary/aromatic N) is 3. The van der Waals surface area contributed by atoms with Gasteiger partial charge in [0.1, 0.15) is 12.1 Å². The third-order valence-electron chi connectivity index (χ3n) is 3.28. The second-order valence-electron chi connectivity index (χ2n) is 4.80. The van der Waals surface area contributed by atoms with Crippen molar-refractivity contribution < 1.29 is 0 Å². The van der Waals surface area contributed by atoms with Crippen LogP contribution < -0.4 is 10.6 Å². The lowest BCUT2D eigenvalue weighted by atomic mass is 9.86. The molecule has 3 rings (SSSR count). The fourth-order valence-electron chi connectivity index (χ4n) is 2.52. The Kier molecular flexibility index (Phi) is 2.52. The van der Waals surface area contributed by atoms with Gasteiger partial charge in [0.05, 0.1) is 15.8 Å². The van der Waals surface area contributed by atoms with Crippen LogP contribution in [0, 0.1) is 0 Å². The minimum absolute atomic E-state index is 0.0106. The van der Waals surface area contributed by atoms with Crippen LogP contribution in [0.1, 0.15) is 19.8 Å². The van der Waals surface area contributed by atoms with E-state index in [0.717, 1.165) is 37.3 Å². The van der Waals surface area contributed by atoms with Crippen molar-refractivity contribution in [1.82, 2.24) is 9.97 Å². The Labute approximate surface area is 104 Å². The zero-order valence-corrected chi connectivity index (χ0v) is 10.7. The van der Waals surface area contributed by atoms with Gasteiger partial charge >= 0.3 is 0 Å². The monoisotopic (exact) mass is 248 g/mol. The van der Waals surface area contributed by atoms with Crippen molar-refractivity contribution in [1.29, 1.82) is 0 Å². The quantitative estimate of drug-likeness (QED) is 0.902. The smallest absolute Gasteiger partial charge is 0.150 e. The third kappa shape index (κ3) is 1.79. The normalized spacial score (nSPS) is 18.4. The fourth-order valence-corrected chi connectivity index (χ4v) is 3.38. The minimum Gasteiger partial charge on any atom is -0.351 e. The Balaban J connectivity index is 1.85. The predicted octanol–water partition coefficient (Wildman–Crippen LogP) is 2.01. The average molecular weight is 248 g/mol. The maximum absolute atomic E-state index is 6.28. The lowest BCUT2D eigenvalue weighted by Crippen LogP contribution is -2.67. The highest BCUT2D eigenvalue weighted by Crippen LogP contribution is 2.34. The maximum atomic E-state index is 6.28. The van der Waals surface area contributed by atoms with E-state index in [0.29, 0.717) is 0 Å². The van der Waals surface area contributed by atoms with Crippen molar-refractivity contribution >= 4 is 27.4 Å². The van der Waals surface area contributed by atoms with Gasteiger partial charge in [0.2, 0.25) is 0 Å². The van der Waals surface area contributed by atoms with Crippen LogP contribution in [0.5, 0.6) is 0 Å². The van der Waals surface area contributed by atoms with E-state index >= 15 is 0 Å². The Morgan fingerprint density at radius 3 is 3.06 bits per heavy atom. The first-order valence-electron chi connectivity index (χ1n) is 5.94. The molecule has 90 valence electrons. The molecule has 0 unspecified atom stereocenters. The summed E-state index contributed by atoms with van der Waals surface area (Å²) >= 11 is 1.70. The lowest BCUT2D eigenvalue weighted by molar-refractivity contribution is 0.306. The molecular weight excluding hydrogens is 232 g/mol. The second-order valence-corrected chi connectivity index (χ2v) is 5.72. The van der Waals surface area contributed by atoms with Gasteiger partial charge in [-0.05, 0) is 17.9 Å². The van der Waals surface area contributed by atoms with Crippen molar-refractivity contribution in [3.05, 3.63) is 17.8 Å². The first kappa shape index (κ1) is 10.9. The Morgan fingerprint density at radius 1 is 1.47 bits per heavy atom. The van der Waals surface area contributed by atoms with Crippen molar-refractivity contribution in [2.24, 2.45) is 5.73 Å². The zero-order chi connectivity index (χ0) is 11.9. The number of thiophene rings is 1. The van der Waals surface area contributed by atoms with Crippen LogP contribution in [-0.2, 0) is 0 Å². The highest BCUT2D eigenvalue weighted by atomic mass is 32.1. The second kappa shape index (κ2) is 3.92. The molecule has 3 heterocycles. The number of hydrogen-bond donors (Lipinski definition) is 1. The SMILES string of the molecule is CCCC1(N)CN(c2ncnc3ccsc23)C1. The van der Waals surface area contributed by atoms with E-state index in [1.807, 2.05) is 6.07 Å². The molecule has 4 nitrogen and oxygen atoms in total. The van der Waals surface area contributed by atoms with Gasteiger partial charge in [-0.2, -0.15) is 0 Å². The first-order valence-corrected chi connectivity index (χ1v) is 6.82. The number of rotatable bonds is 3. The summed E-state index contributed by atoms with van der Waals surface area (Å²) < 4.78 is 1.17. The standard InChI is InChI=1S/C12H16N4S/c1-2-4-12(13)6-16(7-12)11-10-9(3-5-17-10)14-8-15-11/h3,5,8H,2,4,6-7,13H2,1H3. The molecule has 0 amide bonds. The van der Waals surface area contributed by atoms with E-state index in [2.05, 4.69) is 27.2 Å². The molecule has 0 aliphatic carbocycles. The van der Waals surface area contributed by atoms with Crippen LogP contribution in [-0.4, -0.2) is 28.6 Å². The summed E-state index contributed by atoms with van der Waals surface area (Å²) in [6.45, 7) is 4.00. The summed E-state index contributed by atoms with van der Waals surface area (Å²) in [6.07, 6.45) is 3.87. The molecule has 1 saturated heterocycles. The number of hydrogen-bond acceptors (Lipinski definition) is 5. The van der Waals surface area contributed by atoms with Gasteiger partial charge in [0.15, 0.2) is 0 Å². The summed E-state index contributed by atoms with van der Waals surface area (Å²) in [7, 11) is 0. The minimum atomic E-state index is -0.0106. The molecule has 0 atom stereocenters. The molecule has 2 aromatic heterocycles. The van der Waals surface area contributed by atoms with Crippen molar-refractivity contribution in [3.8, 4) is 0 Å². The summed E-state index contributed by atoms with van der Waals surface area (Å²) in [4.78, 5) is 10.9. The molecular formula is C12H16N4S. The molecule has 0 saturated carbocycles. The third-order valence-corrected chi connectivity index (χ3v) is 4.18. The van der Waals surface area contributed by atoms with E-state index in [1.54, 1.807) is 17.7 Å². The summed E-state index contributed by atoms with van der Waals surface area (Å²) in [5.74, 6) is 1.04. The summed E-state index contributed by atoms with van der Waals surface area (Å²) in [5, 5.41) is 2.06. The molecule has 1 aliphatic heterocycles. The van der Waals surface area contributed by atoms with Gasteiger partial charge < -0.3 is 10.6 Å². The molecule has 1 aliphatic rings. The average Bonchev–Trinajstić information content (AvgIpc) is 2.73. The molecule has 0 aromatic carbocycles. The van der Waals surface area contributed by atoms with Crippen molar-refractivity contribution in [2.45, 2.75) is 25.3 Å². The molecule has 17 heavy (non-hydrogen) atoms. The van der Waals surface area contributed by atoms with Crippen LogP contribution in [0.15, 0.2) is 17.8 Å². The molecule has 5 heteroatoms. The Hall–Kier alpha value is -1.20. The highest BCUT2D eigenvalue weighted by Gasteiger charge is 2.39. The van der Waals surface area contributed by atoms with Gasteiger partial charge in [-0.3, -0.25) is 0 Å². The van der Waals surface area contributed by atoms with Crippen LogP contribution in [0.2, 0.25) is 0 Å². The van der Waals surface area contributed by atoms with Crippen molar-refractivity contribution in [2.75, 3.05) is 18.0 Å². The highest BCUT2D eigenvalue weighted by molar-refractivity contribution is 7.17. The van der Waals surface area contributed by atoms with Gasteiger partial charge in [0, 0.05) is 13.1 Å². The van der Waals surface area contributed by atoms with E-state index in [1.165, 1.54) is 4.70 Å². The zero-order valence-electron chi connectivity index (χ0n) is 9.89. The number of fused-ring (bicyclic) bond motifs is 1. The predicted molar refractivity (Wildman–Crippen MR) is 71.5 cm³/mol. The van der Waals surface area contributed by atoms with Crippen LogP contribution >= 0.6 is 11.3 Å². The van der Waals surface area contributed by atoms with Crippen LogP contribution in [0.3, 0.4) is 0 Å². The molecule has 0 bridgehead atoms.